The summed E-state index contributed by atoms with van der Waals surface area (Å²) in [4.78, 5) is 27.8. The van der Waals surface area contributed by atoms with E-state index in [2.05, 4.69) is 5.32 Å². The highest BCUT2D eigenvalue weighted by Gasteiger charge is 2.31. The van der Waals surface area contributed by atoms with Crippen molar-refractivity contribution in [3.8, 4) is 5.75 Å². The number of hydrogen-bond acceptors (Lipinski definition) is 5. The molecule has 0 fully saturated rings. The highest BCUT2D eigenvalue weighted by molar-refractivity contribution is 7.92. The Balaban J connectivity index is 2.43. The second-order valence-corrected chi connectivity index (χ2v) is 12.0. The summed E-state index contributed by atoms with van der Waals surface area (Å²) in [5, 5.41) is 3.32. The zero-order chi connectivity index (χ0) is 26.6. The molecule has 1 N–H and O–H groups in total. The molecular formula is C24H31Cl2N3O5S. The van der Waals surface area contributed by atoms with Crippen LogP contribution >= 0.6 is 23.2 Å². The van der Waals surface area contributed by atoms with E-state index >= 15 is 0 Å². The third kappa shape index (κ3) is 8.59. The molecule has 0 heterocycles. The van der Waals surface area contributed by atoms with E-state index in [-0.39, 0.29) is 28.2 Å². The van der Waals surface area contributed by atoms with Crippen molar-refractivity contribution in [2.45, 2.75) is 45.8 Å². The van der Waals surface area contributed by atoms with E-state index in [0.717, 1.165) is 16.1 Å². The summed E-state index contributed by atoms with van der Waals surface area (Å²) in [7, 11) is -2.34. The van der Waals surface area contributed by atoms with Crippen molar-refractivity contribution in [3.63, 3.8) is 0 Å². The Bertz CT molecular complexity index is 1140. The van der Waals surface area contributed by atoms with Crippen LogP contribution in [0.15, 0.2) is 42.5 Å². The summed E-state index contributed by atoms with van der Waals surface area (Å²) in [6, 6.07) is 10.4. The van der Waals surface area contributed by atoms with Crippen LogP contribution in [0.4, 0.5) is 5.69 Å². The van der Waals surface area contributed by atoms with Crippen LogP contribution < -0.4 is 14.4 Å². The topological polar surface area (TPSA) is 96.0 Å². The molecule has 0 aliphatic heterocycles. The molecule has 0 bridgehead atoms. The number of methoxy groups -OCH3 is 1. The monoisotopic (exact) mass is 543 g/mol. The summed E-state index contributed by atoms with van der Waals surface area (Å²) in [6.45, 7) is 6.64. The van der Waals surface area contributed by atoms with Gasteiger partial charge in [0.2, 0.25) is 21.8 Å². The quantitative estimate of drug-likeness (QED) is 0.513. The van der Waals surface area contributed by atoms with Crippen molar-refractivity contribution in [3.05, 3.63) is 58.1 Å². The average molecular weight is 545 g/mol. The Kier molecular flexibility index (Phi) is 9.44. The lowest BCUT2D eigenvalue weighted by Crippen LogP contribution is -2.54. The third-order valence-corrected chi connectivity index (χ3v) is 6.57. The van der Waals surface area contributed by atoms with Gasteiger partial charge in [-0.2, -0.15) is 0 Å². The molecule has 2 amide bonds. The molecule has 8 nitrogen and oxygen atoms in total. The van der Waals surface area contributed by atoms with E-state index in [1.807, 2.05) is 20.8 Å². The number of nitrogens with zero attached hydrogens (tertiary/aromatic N) is 2. The van der Waals surface area contributed by atoms with Gasteiger partial charge in [0.15, 0.2) is 0 Å². The fraction of sp³-hybridized carbons (Fsp3) is 0.417. The minimum atomic E-state index is -3.89. The predicted octanol–water partition coefficient (Wildman–Crippen LogP) is 4.10. The molecule has 0 saturated carbocycles. The Morgan fingerprint density at radius 3 is 2.06 bits per heavy atom. The van der Waals surface area contributed by atoms with Crippen molar-refractivity contribution >= 4 is 50.7 Å². The Hall–Kier alpha value is -2.49. The first-order valence-corrected chi connectivity index (χ1v) is 13.4. The number of benzene rings is 2. The van der Waals surface area contributed by atoms with E-state index in [4.69, 9.17) is 27.9 Å². The number of sulfonamides is 1. The molecule has 0 radical (unpaired) electrons. The molecule has 0 aromatic heterocycles. The number of rotatable bonds is 9. The molecule has 0 aliphatic rings. The summed E-state index contributed by atoms with van der Waals surface area (Å²) >= 11 is 12.1. The van der Waals surface area contributed by atoms with Crippen LogP contribution in [0, 0.1) is 0 Å². The van der Waals surface area contributed by atoms with Crippen LogP contribution in [0.1, 0.15) is 33.3 Å². The van der Waals surface area contributed by atoms with Crippen LogP contribution in [0.5, 0.6) is 5.75 Å². The summed E-state index contributed by atoms with van der Waals surface area (Å²) in [6.07, 6.45) is 0.985. The minimum absolute atomic E-state index is 0.0788. The first-order valence-electron chi connectivity index (χ1n) is 10.8. The molecule has 2 aromatic carbocycles. The molecule has 2 aromatic rings. The zero-order valence-corrected chi connectivity index (χ0v) is 23.0. The smallest absolute Gasteiger partial charge is 0.244 e. The molecular weight excluding hydrogens is 513 g/mol. The fourth-order valence-electron chi connectivity index (χ4n) is 3.28. The lowest BCUT2D eigenvalue weighted by atomic mass is 10.1. The fourth-order valence-corrected chi connectivity index (χ4v) is 4.63. The van der Waals surface area contributed by atoms with Gasteiger partial charge in [-0.15, -0.1) is 0 Å². The molecule has 0 aliphatic carbocycles. The Morgan fingerprint density at radius 2 is 1.60 bits per heavy atom. The zero-order valence-electron chi connectivity index (χ0n) is 20.6. The second kappa shape index (κ2) is 11.5. The predicted molar refractivity (Wildman–Crippen MR) is 140 cm³/mol. The van der Waals surface area contributed by atoms with Crippen LogP contribution in [0.25, 0.3) is 0 Å². The van der Waals surface area contributed by atoms with Crippen LogP contribution in [0.2, 0.25) is 10.0 Å². The summed E-state index contributed by atoms with van der Waals surface area (Å²) in [5.41, 5.74) is 0.372. The molecule has 192 valence electrons. The van der Waals surface area contributed by atoms with Crippen molar-refractivity contribution in [2.24, 2.45) is 0 Å². The number of hydrogen-bond donors (Lipinski definition) is 1. The van der Waals surface area contributed by atoms with E-state index in [9.17, 15) is 18.0 Å². The third-order valence-electron chi connectivity index (χ3n) is 4.99. The Morgan fingerprint density at radius 1 is 1.06 bits per heavy atom. The van der Waals surface area contributed by atoms with Gasteiger partial charge in [-0.25, -0.2) is 8.42 Å². The second-order valence-electron chi connectivity index (χ2n) is 9.18. The highest BCUT2D eigenvalue weighted by Crippen LogP contribution is 2.27. The van der Waals surface area contributed by atoms with E-state index < -0.39 is 34.1 Å². The van der Waals surface area contributed by atoms with Gasteiger partial charge < -0.3 is 15.0 Å². The number of amides is 2. The highest BCUT2D eigenvalue weighted by atomic mass is 35.5. The lowest BCUT2D eigenvalue weighted by molar-refractivity contribution is -0.140. The Labute approximate surface area is 217 Å². The van der Waals surface area contributed by atoms with Crippen molar-refractivity contribution in [1.82, 2.24) is 10.2 Å². The number of halogens is 2. The number of carbonyl (C=O) groups excluding carboxylic acids is 2. The summed E-state index contributed by atoms with van der Waals surface area (Å²) in [5.74, 6) is -0.291. The number of nitrogens with one attached hydrogen (secondary N) is 1. The number of anilines is 1. The largest absolute Gasteiger partial charge is 0.497 e. The van der Waals surface area contributed by atoms with Gasteiger partial charge in [-0.05, 0) is 63.6 Å². The molecule has 0 spiro atoms. The van der Waals surface area contributed by atoms with Crippen molar-refractivity contribution < 1.29 is 22.7 Å². The maximum absolute atomic E-state index is 13.5. The number of ether oxygens (including phenoxy) is 1. The first-order chi connectivity index (χ1) is 16.1. The van der Waals surface area contributed by atoms with E-state index in [1.54, 1.807) is 38.3 Å². The molecule has 35 heavy (non-hydrogen) atoms. The SMILES string of the molecule is COc1ccc(CN(C(=O)CN(c2cc(Cl)cc(Cl)c2)S(C)(=O)=O)C(C)C(=O)NC(C)(C)C)cc1. The first kappa shape index (κ1) is 28.7. The van der Waals surface area contributed by atoms with Crippen LogP contribution in [0.3, 0.4) is 0 Å². The van der Waals surface area contributed by atoms with Gasteiger partial charge in [0.1, 0.15) is 18.3 Å². The van der Waals surface area contributed by atoms with Gasteiger partial charge in [0.05, 0.1) is 19.1 Å². The van der Waals surface area contributed by atoms with Gasteiger partial charge in [-0.1, -0.05) is 35.3 Å². The number of carbonyl (C=O) groups is 2. The molecule has 11 heteroatoms. The van der Waals surface area contributed by atoms with Crippen molar-refractivity contribution in [1.29, 1.82) is 0 Å². The minimum Gasteiger partial charge on any atom is -0.497 e. The normalized spacial score (nSPS) is 12.6. The van der Waals surface area contributed by atoms with E-state index in [0.29, 0.717) is 5.75 Å². The van der Waals surface area contributed by atoms with E-state index in [1.165, 1.54) is 23.1 Å². The van der Waals surface area contributed by atoms with Gasteiger partial charge in [-0.3, -0.25) is 13.9 Å². The molecule has 2 rings (SSSR count). The molecule has 1 unspecified atom stereocenters. The maximum atomic E-state index is 13.5. The van der Waals surface area contributed by atoms with Gasteiger partial charge in [0, 0.05) is 22.1 Å². The van der Waals surface area contributed by atoms with Gasteiger partial charge in [0.25, 0.3) is 0 Å². The average Bonchev–Trinajstić information content (AvgIpc) is 2.72. The summed E-state index contributed by atoms with van der Waals surface area (Å²) < 4.78 is 31.3. The standard InChI is InChI=1S/C24H31Cl2N3O5S/c1-16(23(31)27-24(2,3)4)28(14-17-7-9-21(34-5)10-8-17)22(30)15-29(35(6,32)33)20-12-18(25)11-19(26)13-20/h7-13,16H,14-15H2,1-6H3,(H,27,31). The van der Waals surface area contributed by atoms with Crippen LogP contribution in [-0.4, -0.2) is 56.6 Å². The van der Waals surface area contributed by atoms with Crippen LogP contribution in [-0.2, 0) is 26.2 Å². The van der Waals surface area contributed by atoms with Gasteiger partial charge >= 0.3 is 0 Å². The van der Waals surface area contributed by atoms with Crippen molar-refractivity contribution in [2.75, 3.05) is 24.2 Å². The lowest BCUT2D eigenvalue weighted by Gasteiger charge is -2.33. The molecule has 0 saturated heterocycles. The molecule has 1 atom stereocenters. The maximum Gasteiger partial charge on any atom is 0.244 e.